The monoisotopic (exact) mass is 322 g/mol. The van der Waals surface area contributed by atoms with Gasteiger partial charge in [-0.3, -0.25) is 15.0 Å². The number of carbonyl (C=O) groups excluding carboxylic acids is 2. The SMILES string of the molecule is CS(=O)(=O)c1ccc(N2CC(=O)NC2=O)cc1C(F)(F)F. The maximum Gasteiger partial charge on any atom is 0.417 e. The van der Waals surface area contributed by atoms with E-state index in [4.69, 9.17) is 0 Å². The van der Waals surface area contributed by atoms with Gasteiger partial charge in [-0.05, 0) is 18.2 Å². The molecule has 1 heterocycles. The summed E-state index contributed by atoms with van der Waals surface area (Å²) in [4.78, 5) is 22.4. The molecule has 1 aliphatic rings. The van der Waals surface area contributed by atoms with Gasteiger partial charge in [-0.15, -0.1) is 0 Å². The molecule has 21 heavy (non-hydrogen) atoms. The minimum absolute atomic E-state index is 0.210. The van der Waals surface area contributed by atoms with E-state index in [1.165, 1.54) is 0 Å². The summed E-state index contributed by atoms with van der Waals surface area (Å²) in [6, 6.07) is 1.49. The van der Waals surface area contributed by atoms with Crippen LogP contribution in [0.3, 0.4) is 0 Å². The zero-order valence-electron chi connectivity index (χ0n) is 10.6. The Balaban J connectivity index is 2.58. The van der Waals surface area contributed by atoms with E-state index in [0.29, 0.717) is 12.3 Å². The lowest BCUT2D eigenvalue weighted by molar-refractivity contribution is -0.139. The molecular formula is C11H9F3N2O4S. The average Bonchev–Trinajstić information content (AvgIpc) is 2.65. The van der Waals surface area contributed by atoms with Gasteiger partial charge in [0.15, 0.2) is 9.84 Å². The summed E-state index contributed by atoms with van der Waals surface area (Å²) >= 11 is 0. The van der Waals surface area contributed by atoms with Crippen LogP contribution < -0.4 is 10.2 Å². The minimum Gasteiger partial charge on any atom is -0.285 e. The number of rotatable bonds is 2. The van der Waals surface area contributed by atoms with Crippen molar-refractivity contribution in [3.63, 3.8) is 0 Å². The molecule has 0 unspecified atom stereocenters. The van der Waals surface area contributed by atoms with E-state index >= 15 is 0 Å². The van der Waals surface area contributed by atoms with Gasteiger partial charge in [0.25, 0.3) is 0 Å². The fraction of sp³-hybridized carbons (Fsp3) is 0.273. The Morgan fingerprint density at radius 3 is 2.29 bits per heavy atom. The summed E-state index contributed by atoms with van der Waals surface area (Å²) in [5.41, 5.74) is -1.59. The standard InChI is InChI=1S/C11H9F3N2O4S/c1-21(19,20)8-3-2-6(4-7(8)11(12,13)14)16-5-9(17)15-10(16)18/h2-4H,5H2,1H3,(H,15,17,18). The predicted octanol–water partition coefficient (Wildman–Crippen LogP) is 1.17. The third kappa shape index (κ3) is 2.99. The molecule has 2 rings (SSSR count). The van der Waals surface area contributed by atoms with Crippen LogP contribution in [0.4, 0.5) is 23.7 Å². The van der Waals surface area contributed by atoms with Crippen LogP contribution in [-0.2, 0) is 20.8 Å². The van der Waals surface area contributed by atoms with E-state index < -0.39 is 45.0 Å². The zero-order valence-corrected chi connectivity index (χ0v) is 11.4. The predicted molar refractivity (Wildman–Crippen MR) is 65.4 cm³/mol. The Kier molecular flexibility index (Phi) is 3.44. The number of urea groups is 1. The number of amides is 3. The van der Waals surface area contributed by atoms with Crippen molar-refractivity contribution in [1.82, 2.24) is 5.32 Å². The van der Waals surface area contributed by atoms with Crippen LogP contribution in [0.5, 0.6) is 0 Å². The number of nitrogens with one attached hydrogen (secondary N) is 1. The summed E-state index contributed by atoms with van der Waals surface area (Å²) in [5.74, 6) is -0.652. The molecule has 0 atom stereocenters. The van der Waals surface area contributed by atoms with Crippen molar-refractivity contribution in [1.29, 1.82) is 0 Å². The summed E-state index contributed by atoms with van der Waals surface area (Å²) in [7, 11) is -4.09. The highest BCUT2D eigenvalue weighted by Crippen LogP contribution is 2.36. The molecule has 1 aliphatic heterocycles. The molecule has 6 nitrogen and oxygen atoms in total. The van der Waals surface area contributed by atoms with Gasteiger partial charge in [0.2, 0.25) is 5.91 Å². The lowest BCUT2D eigenvalue weighted by atomic mass is 10.2. The van der Waals surface area contributed by atoms with E-state index in [1.807, 2.05) is 5.32 Å². The second-order valence-electron chi connectivity index (χ2n) is 4.39. The van der Waals surface area contributed by atoms with Crippen LogP contribution in [-0.4, -0.2) is 33.2 Å². The minimum atomic E-state index is -4.91. The molecule has 114 valence electrons. The lowest BCUT2D eigenvalue weighted by Gasteiger charge is -2.17. The molecule has 1 aromatic carbocycles. The van der Waals surface area contributed by atoms with Crippen molar-refractivity contribution in [3.8, 4) is 0 Å². The summed E-state index contributed by atoms with van der Waals surface area (Å²) < 4.78 is 61.7. The topological polar surface area (TPSA) is 83.6 Å². The number of benzene rings is 1. The smallest absolute Gasteiger partial charge is 0.285 e. The maximum absolute atomic E-state index is 13.0. The zero-order chi connectivity index (χ0) is 16.0. The van der Waals surface area contributed by atoms with Gasteiger partial charge in [0.05, 0.1) is 10.5 Å². The van der Waals surface area contributed by atoms with Crippen LogP contribution >= 0.6 is 0 Å². The molecule has 0 aromatic heterocycles. The molecule has 0 saturated carbocycles. The number of alkyl halides is 3. The molecule has 1 aromatic rings. The first kappa shape index (κ1) is 15.3. The summed E-state index contributed by atoms with van der Waals surface area (Å²) in [6.07, 6.45) is -4.25. The summed E-state index contributed by atoms with van der Waals surface area (Å²) in [5, 5.41) is 1.92. The van der Waals surface area contributed by atoms with Gasteiger partial charge >= 0.3 is 12.2 Å². The number of hydrogen-bond acceptors (Lipinski definition) is 4. The molecule has 0 radical (unpaired) electrons. The highest BCUT2D eigenvalue weighted by Gasteiger charge is 2.38. The third-order valence-corrected chi connectivity index (χ3v) is 3.93. The maximum atomic E-state index is 13.0. The number of imide groups is 1. The molecule has 10 heteroatoms. The van der Waals surface area contributed by atoms with Crippen molar-refractivity contribution >= 4 is 27.5 Å². The normalized spacial score (nSPS) is 16.3. The molecule has 1 N–H and O–H groups in total. The van der Waals surface area contributed by atoms with Gasteiger partial charge in [-0.25, -0.2) is 13.2 Å². The summed E-state index contributed by atoms with van der Waals surface area (Å²) in [6.45, 7) is -0.422. The van der Waals surface area contributed by atoms with Gasteiger partial charge in [-0.1, -0.05) is 0 Å². The number of halogens is 3. The molecule has 0 aliphatic carbocycles. The van der Waals surface area contributed by atoms with Gasteiger partial charge in [0.1, 0.15) is 6.54 Å². The van der Waals surface area contributed by atoms with Crippen molar-refractivity contribution in [2.45, 2.75) is 11.1 Å². The number of hydrogen-bond donors (Lipinski definition) is 1. The van der Waals surface area contributed by atoms with Crippen LogP contribution in [0.1, 0.15) is 5.56 Å². The average molecular weight is 322 g/mol. The second-order valence-corrected chi connectivity index (χ2v) is 6.37. The van der Waals surface area contributed by atoms with E-state index in [0.717, 1.165) is 17.0 Å². The Morgan fingerprint density at radius 2 is 1.86 bits per heavy atom. The second kappa shape index (κ2) is 4.72. The van der Waals surface area contributed by atoms with Gasteiger partial charge < -0.3 is 0 Å². The number of anilines is 1. The fourth-order valence-corrected chi connectivity index (χ4v) is 2.77. The first-order chi connectivity index (χ1) is 9.50. The Morgan fingerprint density at radius 1 is 1.24 bits per heavy atom. The molecule has 1 saturated heterocycles. The Bertz CT molecular complexity index is 727. The number of carbonyl (C=O) groups is 2. The van der Waals surface area contributed by atoms with E-state index in [-0.39, 0.29) is 5.69 Å². The van der Waals surface area contributed by atoms with Crippen LogP contribution in [0, 0.1) is 0 Å². The van der Waals surface area contributed by atoms with Crippen molar-refractivity contribution in [2.24, 2.45) is 0 Å². The number of nitrogens with zero attached hydrogens (tertiary/aromatic N) is 1. The molecular weight excluding hydrogens is 313 g/mol. The molecule has 1 fully saturated rings. The first-order valence-electron chi connectivity index (χ1n) is 5.53. The molecule has 0 spiro atoms. The van der Waals surface area contributed by atoms with Crippen molar-refractivity contribution in [2.75, 3.05) is 17.7 Å². The van der Waals surface area contributed by atoms with Crippen LogP contribution in [0.15, 0.2) is 23.1 Å². The van der Waals surface area contributed by atoms with Crippen LogP contribution in [0.25, 0.3) is 0 Å². The quantitative estimate of drug-likeness (QED) is 0.828. The highest BCUT2D eigenvalue weighted by molar-refractivity contribution is 7.90. The fourth-order valence-electron chi connectivity index (χ4n) is 1.88. The third-order valence-electron chi connectivity index (χ3n) is 2.77. The van der Waals surface area contributed by atoms with Crippen molar-refractivity contribution < 1.29 is 31.2 Å². The molecule has 0 bridgehead atoms. The Hall–Kier alpha value is -2.10. The van der Waals surface area contributed by atoms with Gasteiger partial charge in [0, 0.05) is 11.9 Å². The number of sulfone groups is 1. The molecule has 3 amide bonds. The lowest BCUT2D eigenvalue weighted by Crippen LogP contribution is -2.28. The van der Waals surface area contributed by atoms with Gasteiger partial charge in [-0.2, -0.15) is 13.2 Å². The Labute approximate surface area is 117 Å². The first-order valence-corrected chi connectivity index (χ1v) is 7.42. The van der Waals surface area contributed by atoms with Crippen molar-refractivity contribution in [3.05, 3.63) is 23.8 Å². The van der Waals surface area contributed by atoms with Crippen LogP contribution in [0.2, 0.25) is 0 Å². The van der Waals surface area contributed by atoms with E-state index in [9.17, 15) is 31.2 Å². The largest absolute Gasteiger partial charge is 0.417 e. The highest BCUT2D eigenvalue weighted by atomic mass is 32.2. The van der Waals surface area contributed by atoms with E-state index in [1.54, 1.807) is 0 Å². The van der Waals surface area contributed by atoms with E-state index in [2.05, 4.69) is 0 Å².